The van der Waals surface area contributed by atoms with Crippen molar-refractivity contribution in [3.63, 3.8) is 0 Å². The Hall–Kier alpha value is -3.19. The van der Waals surface area contributed by atoms with E-state index in [1.807, 2.05) is 30.3 Å². The number of aryl methyl sites for hydroxylation is 1. The van der Waals surface area contributed by atoms with Crippen LogP contribution in [0.2, 0.25) is 5.02 Å². The van der Waals surface area contributed by atoms with E-state index < -0.39 is 5.63 Å². The molecular weight excluding hydrogens is 392 g/mol. The third-order valence-corrected chi connectivity index (χ3v) is 4.86. The number of aromatic nitrogens is 4. The number of ether oxygens (including phenoxy) is 1. The summed E-state index contributed by atoms with van der Waals surface area (Å²) in [5, 5.41) is 12.8. The van der Waals surface area contributed by atoms with Gasteiger partial charge in [-0.3, -0.25) is 0 Å². The topological polar surface area (TPSA) is 83.0 Å². The van der Waals surface area contributed by atoms with Crippen molar-refractivity contribution < 1.29 is 9.15 Å². The molecule has 148 valence electrons. The molecule has 2 aromatic carbocycles. The summed E-state index contributed by atoms with van der Waals surface area (Å²) in [5.74, 6) is 1.01. The van der Waals surface area contributed by atoms with E-state index in [4.69, 9.17) is 20.8 Å². The maximum Gasteiger partial charge on any atom is 0.336 e. The fourth-order valence-corrected chi connectivity index (χ4v) is 3.30. The minimum atomic E-state index is -0.437. The quantitative estimate of drug-likeness (QED) is 0.418. The van der Waals surface area contributed by atoms with Crippen molar-refractivity contribution in [1.29, 1.82) is 0 Å². The van der Waals surface area contributed by atoms with Crippen LogP contribution in [0.4, 0.5) is 0 Å². The summed E-state index contributed by atoms with van der Waals surface area (Å²) in [5.41, 5.74) is 1.63. The Labute approximate surface area is 171 Å². The number of tetrazole rings is 1. The average Bonchev–Trinajstić information content (AvgIpc) is 3.18. The number of hydrogen-bond donors (Lipinski definition) is 0. The number of rotatable bonds is 7. The smallest absolute Gasteiger partial charge is 0.336 e. The van der Waals surface area contributed by atoms with Crippen molar-refractivity contribution in [2.45, 2.75) is 32.9 Å². The van der Waals surface area contributed by atoms with Gasteiger partial charge in [-0.1, -0.05) is 55.3 Å². The van der Waals surface area contributed by atoms with Crippen molar-refractivity contribution in [1.82, 2.24) is 20.2 Å². The molecule has 0 N–H and O–H groups in total. The first kappa shape index (κ1) is 19.1. The van der Waals surface area contributed by atoms with Crippen molar-refractivity contribution >= 4 is 22.6 Å². The zero-order valence-electron chi connectivity index (χ0n) is 15.8. The molecule has 2 heterocycles. The Morgan fingerprint density at radius 3 is 2.79 bits per heavy atom. The van der Waals surface area contributed by atoms with Crippen molar-refractivity contribution in [2.24, 2.45) is 0 Å². The maximum absolute atomic E-state index is 12.1. The van der Waals surface area contributed by atoms with Crippen LogP contribution in [0, 0.1) is 0 Å². The van der Waals surface area contributed by atoms with Crippen LogP contribution in [0.5, 0.6) is 5.75 Å². The molecule has 7 nitrogen and oxygen atoms in total. The predicted molar refractivity (Wildman–Crippen MR) is 110 cm³/mol. The number of unbranched alkanes of at least 4 members (excludes halogenated alkanes) is 1. The van der Waals surface area contributed by atoms with E-state index in [-0.39, 0.29) is 6.61 Å². The van der Waals surface area contributed by atoms with Crippen molar-refractivity contribution in [3.8, 4) is 16.9 Å². The Kier molecular flexibility index (Phi) is 5.57. The fraction of sp³-hybridized carbons (Fsp3) is 0.238. The average molecular weight is 411 g/mol. The first-order chi connectivity index (χ1) is 14.2. The summed E-state index contributed by atoms with van der Waals surface area (Å²) in [6, 6.07) is 14.5. The van der Waals surface area contributed by atoms with E-state index in [0.29, 0.717) is 22.2 Å². The van der Waals surface area contributed by atoms with Gasteiger partial charge in [0.25, 0.3) is 0 Å². The van der Waals surface area contributed by atoms with Gasteiger partial charge in [-0.2, -0.15) is 0 Å². The minimum absolute atomic E-state index is 0.157. The van der Waals surface area contributed by atoms with Crippen LogP contribution in [-0.2, 0) is 13.2 Å². The number of benzene rings is 2. The lowest BCUT2D eigenvalue weighted by Crippen LogP contribution is -2.09. The summed E-state index contributed by atoms with van der Waals surface area (Å²) in [6.07, 6.45) is 2.02. The maximum atomic E-state index is 12.1. The molecule has 8 heteroatoms. The number of hydrogen-bond acceptors (Lipinski definition) is 6. The van der Waals surface area contributed by atoms with Crippen LogP contribution in [-0.4, -0.2) is 20.2 Å². The molecule has 0 aliphatic carbocycles. The predicted octanol–water partition coefficient (Wildman–Crippen LogP) is 4.48. The molecule has 0 spiro atoms. The van der Waals surface area contributed by atoms with Gasteiger partial charge in [0.05, 0.1) is 5.02 Å². The molecule has 29 heavy (non-hydrogen) atoms. The van der Waals surface area contributed by atoms with Gasteiger partial charge < -0.3 is 9.15 Å². The summed E-state index contributed by atoms with van der Waals surface area (Å²) in [6.45, 7) is 2.99. The zero-order valence-corrected chi connectivity index (χ0v) is 16.6. The SMILES string of the molecule is CCCCn1nnnc1COc1cc2oc(=O)cc(-c3ccccc3)c2cc1Cl. The van der Waals surface area contributed by atoms with Gasteiger partial charge >= 0.3 is 5.63 Å². The van der Waals surface area contributed by atoms with E-state index >= 15 is 0 Å². The van der Waals surface area contributed by atoms with Crippen LogP contribution in [0.15, 0.2) is 57.7 Å². The molecule has 0 amide bonds. The van der Waals surface area contributed by atoms with Gasteiger partial charge in [0.2, 0.25) is 0 Å². The van der Waals surface area contributed by atoms with Crippen LogP contribution in [0.25, 0.3) is 22.1 Å². The normalized spacial score (nSPS) is 11.1. The van der Waals surface area contributed by atoms with Gasteiger partial charge in [-0.05, 0) is 34.0 Å². The minimum Gasteiger partial charge on any atom is -0.484 e. The molecule has 4 rings (SSSR count). The lowest BCUT2D eigenvalue weighted by molar-refractivity contribution is 0.286. The van der Waals surface area contributed by atoms with E-state index in [9.17, 15) is 4.79 Å². The molecule has 0 aliphatic rings. The largest absolute Gasteiger partial charge is 0.484 e. The standard InChI is InChI=1S/C21H19ClN4O3/c1-2-3-9-26-20(23-24-25-26)13-28-19-12-18-16(10-17(19)22)15(11-21(27)29-18)14-7-5-4-6-8-14/h4-8,10-12H,2-3,9,13H2,1H3. The Balaban J connectivity index is 1.66. The molecule has 2 aromatic heterocycles. The first-order valence-corrected chi connectivity index (χ1v) is 9.74. The third-order valence-electron chi connectivity index (χ3n) is 4.57. The molecule has 0 bridgehead atoms. The molecule has 0 saturated carbocycles. The lowest BCUT2D eigenvalue weighted by Gasteiger charge is -2.11. The second-order valence-electron chi connectivity index (χ2n) is 6.58. The number of halogens is 1. The summed E-state index contributed by atoms with van der Waals surface area (Å²) in [7, 11) is 0. The van der Waals surface area contributed by atoms with Crippen molar-refractivity contribution in [3.05, 3.63) is 69.8 Å². The number of fused-ring (bicyclic) bond motifs is 1. The third kappa shape index (κ3) is 4.14. The van der Waals surface area contributed by atoms with Gasteiger partial charge in [0.15, 0.2) is 5.82 Å². The van der Waals surface area contributed by atoms with Crippen LogP contribution in [0.3, 0.4) is 0 Å². The summed E-state index contributed by atoms with van der Waals surface area (Å²) < 4.78 is 12.9. The number of nitrogens with zero attached hydrogens (tertiary/aromatic N) is 4. The van der Waals surface area contributed by atoms with Crippen LogP contribution >= 0.6 is 11.6 Å². The highest BCUT2D eigenvalue weighted by Gasteiger charge is 2.14. The van der Waals surface area contributed by atoms with Gasteiger partial charge in [-0.25, -0.2) is 9.48 Å². The van der Waals surface area contributed by atoms with E-state index in [1.165, 1.54) is 6.07 Å². The molecule has 0 aliphatic heterocycles. The highest BCUT2D eigenvalue weighted by atomic mass is 35.5. The summed E-state index contributed by atoms with van der Waals surface area (Å²) >= 11 is 6.46. The highest BCUT2D eigenvalue weighted by molar-refractivity contribution is 6.33. The first-order valence-electron chi connectivity index (χ1n) is 9.36. The van der Waals surface area contributed by atoms with E-state index in [1.54, 1.807) is 16.8 Å². The second kappa shape index (κ2) is 8.45. The molecule has 0 unspecified atom stereocenters. The highest BCUT2D eigenvalue weighted by Crippen LogP contribution is 2.35. The second-order valence-corrected chi connectivity index (χ2v) is 6.99. The van der Waals surface area contributed by atoms with Gasteiger partial charge in [0, 0.05) is 24.1 Å². The Morgan fingerprint density at radius 1 is 1.17 bits per heavy atom. The lowest BCUT2D eigenvalue weighted by atomic mass is 10.0. The van der Waals surface area contributed by atoms with Crippen LogP contribution in [0.1, 0.15) is 25.6 Å². The summed E-state index contributed by atoms with van der Waals surface area (Å²) in [4.78, 5) is 12.1. The van der Waals surface area contributed by atoms with Gasteiger partial charge in [-0.15, -0.1) is 5.10 Å². The molecule has 0 fully saturated rings. The molecular formula is C21H19ClN4O3. The van der Waals surface area contributed by atoms with E-state index in [0.717, 1.165) is 35.9 Å². The molecule has 0 saturated heterocycles. The Bertz CT molecular complexity index is 1190. The Morgan fingerprint density at radius 2 is 2.00 bits per heavy atom. The van der Waals surface area contributed by atoms with Crippen molar-refractivity contribution in [2.75, 3.05) is 0 Å². The monoisotopic (exact) mass is 410 g/mol. The molecule has 0 atom stereocenters. The zero-order chi connectivity index (χ0) is 20.2. The van der Waals surface area contributed by atoms with Crippen LogP contribution < -0.4 is 10.4 Å². The van der Waals surface area contributed by atoms with Gasteiger partial charge in [0.1, 0.15) is 17.9 Å². The molecule has 4 aromatic rings. The fourth-order valence-electron chi connectivity index (χ4n) is 3.08. The van der Waals surface area contributed by atoms with E-state index in [2.05, 4.69) is 22.4 Å². The molecule has 0 radical (unpaired) electrons.